The van der Waals surface area contributed by atoms with Crippen LogP contribution in [0.4, 0.5) is 4.39 Å². The van der Waals surface area contributed by atoms with Crippen LogP contribution in [-0.2, 0) is 4.79 Å². The highest BCUT2D eigenvalue weighted by atomic mass is 19.1. The van der Waals surface area contributed by atoms with Crippen LogP contribution in [0.25, 0.3) is 0 Å². The molecule has 2 nitrogen and oxygen atoms in total. The molecule has 60 valence electrons. The lowest BCUT2D eigenvalue weighted by molar-refractivity contribution is -0.138. The van der Waals surface area contributed by atoms with Crippen molar-refractivity contribution in [3.8, 4) is 0 Å². The molecule has 0 aliphatic rings. The number of hydrogen-bond donors (Lipinski definition) is 1. The maximum Gasteiger partial charge on any atom is 0.306 e. The molecular weight excluding hydrogens is 135 g/mol. The molecule has 0 unspecified atom stereocenters. The number of aliphatic carboxylic acids is 1. The topological polar surface area (TPSA) is 37.3 Å². The van der Waals surface area contributed by atoms with Crippen LogP contribution >= 0.6 is 0 Å². The SMILES string of the molecule is CCCC[C@H](F)CC(=O)O. The highest BCUT2D eigenvalue weighted by molar-refractivity contribution is 5.67. The second kappa shape index (κ2) is 5.21. The Morgan fingerprint density at radius 2 is 2.30 bits per heavy atom. The van der Waals surface area contributed by atoms with Gasteiger partial charge in [-0.05, 0) is 6.42 Å². The molecule has 1 atom stereocenters. The van der Waals surface area contributed by atoms with Gasteiger partial charge in [-0.25, -0.2) is 4.39 Å². The molecule has 0 fully saturated rings. The van der Waals surface area contributed by atoms with Gasteiger partial charge < -0.3 is 5.11 Å². The van der Waals surface area contributed by atoms with Crippen LogP contribution in [0.2, 0.25) is 0 Å². The van der Waals surface area contributed by atoms with Gasteiger partial charge in [0.05, 0.1) is 6.42 Å². The minimum Gasteiger partial charge on any atom is -0.481 e. The van der Waals surface area contributed by atoms with Crippen molar-refractivity contribution in [1.29, 1.82) is 0 Å². The molecule has 0 saturated heterocycles. The van der Waals surface area contributed by atoms with Gasteiger partial charge in [-0.1, -0.05) is 19.8 Å². The fourth-order valence-electron chi connectivity index (χ4n) is 0.717. The number of rotatable bonds is 5. The Morgan fingerprint density at radius 1 is 1.70 bits per heavy atom. The molecule has 0 aromatic carbocycles. The molecule has 0 aromatic heterocycles. The van der Waals surface area contributed by atoms with Gasteiger partial charge in [0.15, 0.2) is 0 Å². The summed E-state index contributed by atoms with van der Waals surface area (Å²) in [6.45, 7) is 1.95. The average molecular weight is 148 g/mol. The van der Waals surface area contributed by atoms with Crippen LogP contribution in [0.5, 0.6) is 0 Å². The fraction of sp³-hybridized carbons (Fsp3) is 0.857. The van der Waals surface area contributed by atoms with E-state index < -0.39 is 12.1 Å². The van der Waals surface area contributed by atoms with Gasteiger partial charge in [-0.15, -0.1) is 0 Å². The molecule has 0 spiro atoms. The number of halogens is 1. The Balaban J connectivity index is 3.25. The molecule has 0 aromatic rings. The third kappa shape index (κ3) is 5.54. The first-order chi connectivity index (χ1) is 4.66. The Hall–Kier alpha value is -0.600. The van der Waals surface area contributed by atoms with Crippen molar-refractivity contribution in [2.75, 3.05) is 0 Å². The zero-order valence-electron chi connectivity index (χ0n) is 6.14. The Kier molecular flexibility index (Phi) is 4.89. The summed E-state index contributed by atoms with van der Waals surface area (Å²) in [4.78, 5) is 9.93. The van der Waals surface area contributed by atoms with E-state index in [2.05, 4.69) is 0 Å². The molecule has 0 heterocycles. The first-order valence-corrected chi connectivity index (χ1v) is 3.52. The number of unbranched alkanes of at least 4 members (excludes halogenated alkanes) is 1. The highest BCUT2D eigenvalue weighted by Crippen LogP contribution is 2.07. The second-order valence-electron chi connectivity index (χ2n) is 2.34. The first-order valence-electron chi connectivity index (χ1n) is 3.52. The Bertz CT molecular complexity index is 104. The molecule has 0 radical (unpaired) electrons. The minimum atomic E-state index is -1.16. The van der Waals surface area contributed by atoms with Crippen molar-refractivity contribution < 1.29 is 14.3 Å². The molecule has 3 heteroatoms. The zero-order chi connectivity index (χ0) is 7.98. The summed E-state index contributed by atoms with van der Waals surface area (Å²) in [7, 11) is 0. The van der Waals surface area contributed by atoms with Crippen LogP contribution in [0.15, 0.2) is 0 Å². The average Bonchev–Trinajstić information content (AvgIpc) is 1.82. The number of hydrogen-bond acceptors (Lipinski definition) is 1. The third-order valence-electron chi connectivity index (χ3n) is 1.27. The van der Waals surface area contributed by atoms with Crippen molar-refractivity contribution in [2.45, 2.75) is 38.8 Å². The van der Waals surface area contributed by atoms with E-state index in [0.29, 0.717) is 6.42 Å². The van der Waals surface area contributed by atoms with Gasteiger partial charge in [-0.2, -0.15) is 0 Å². The van der Waals surface area contributed by atoms with Gasteiger partial charge in [0.2, 0.25) is 0 Å². The van der Waals surface area contributed by atoms with Gasteiger partial charge >= 0.3 is 5.97 Å². The molecule has 0 saturated carbocycles. The van der Waals surface area contributed by atoms with Crippen LogP contribution < -0.4 is 0 Å². The molecule has 1 N–H and O–H groups in total. The van der Waals surface area contributed by atoms with Crippen molar-refractivity contribution in [1.82, 2.24) is 0 Å². The first kappa shape index (κ1) is 9.40. The summed E-state index contributed by atoms with van der Waals surface area (Å²) in [5.41, 5.74) is 0. The monoisotopic (exact) mass is 148 g/mol. The molecule has 0 aliphatic carbocycles. The van der Waals surface area contributed by atoms with E-state index in [0.717, 1.165) is 12.8 Å². The maximum absolute atomic E-state index is 12.5. The molecule has 0 aliphatic heterocycles. The predicted molar refractivity (Wildman–Crippen MR) is 36.7 cm³/mol. The van der Waals surface area contributed by atoms with Crippen molar-refractivity contribution in [2.24, 2.45) is 0 Å². The molecular formula is C7H13FO2. The second-order valence-corrected chi connectivity index (χ2v) is 2.34. The van der Waals surface area contributed by atoms with Gasteiger partial charge in [0.25, 0.3) is 0 Å². The summed E-state index contributed by atoms with van der Waals surface area (Å²) in [5.74, 6) is -1.05. The summed E-state index contributed by atoms with van der Waals surface area (Å²) in [5, 5.41) is 8.14. The molecule has 0 bridgehead atoms. The minimum absolute atomic E-state index is 0.347. The van der Waals surface area contributed by atoms with Crippen molar-refractivity contribution in [3.05, 3.63) is 0 Å². The van der Waals surface area contributed by atoms with Crippen LogP contribution in [-0.4, -0.2) is 17.2 Å². The quantitative estimate of drug-likeness (QED) is 0.647. The van der Waals surface area contributed by atoms with Crippen molar-refractivity contribution in [3.63, 3.8) is 0 Å². The van der Waals surface area contributed by atoms with Gasteiger partial charge in [0, 0.05) is 0 Å². The van der Waals surface area contributed by atoms with E-state index in [9.17, 15) is 9.18 Å². The number of alkyl halides is 1. The highest BCUT2D eigenvalue weighted by Gasteiger charge is 2.09. The van der Waals surface area contributed by atoms with Gasteiger partial charge in [-0.3, -0.25) is 4.79 Å². The third-order valence-corrected chi connectivity index (χ3v) is 1.27. The summed E-state index contributed by atoms with van der Waals surface area (Å²) in [6.07, 6.45) is 0.564. The van der Waals surface area contributed by atoms with Crippen molar-refractivity contribution >= 4 is 5.97 Å². The van der Waals surface area contributed by atoms with Crippen LogP contribution in [0, 0.1) is 0 Å². The number of carboxylic acid groups (broad SMARTS) is 1. The maximum atomic E-state index is 12.5. The normalized spacial score (nSPS) is 13.0. The van der Waals surface area contributed by atoms with E-state index in [1.54, 1.807) is 0 Å². The molecule has 0 rings (SSSR count). The fourth-order valence-corrected chi connectivity index (χ4v) is 0.717. The number of carbonyl (C=O) groups is 1. The lowest BCUT2D eigenvalue weighted by Gasteiger charge is -2.01. The zero-order valence-corrected chi connectivity index (χ0v) is 6.14. The predicted octanol–water partition coefficient (Wildman–Crippen LogP) is 1.99. The smallest absolute Gasteiger partial charge is 0.306 e. The van der Waals surface area contributed by atoms with E-state index in [1.807, 2.05) is 6.92 Å². The largest absolute Gasteiger partial charge is 0.481 e. The lowest BCUT2D eigenvalue weighted by Crippen LogP contribution is -2.07. The Morgan fingerprint density at radius 3 is 2.70 bits per heavy atom. The number of carboxylic acids is 1. The van der Waals surface area contributed by atoms with Crippen LogP contribution in [0.3, 0.4) is 0 Å². The van der Waals surface area contributed by atoms with Crippen LogP contribution in [0.1, 0.15) is 32.6 Å². The van der Waals surface area contributed by atoms with E-state index >= 15 is 0 Å². The molecule has 0 amide bonds. The van der Waals surface area contributed by atoms with Gasteiger partial charge in [0.1, 0.15) is 6.17 Å². The summed E-state index contributed by atoms with van der Waals surface area (Å²) < 4.78 is 12.5. The van der Waals surface area contributed by atoms with E-state index in [-0.39, 0.29) is 6.42 Å². The van der Waals surface area contributed by atoms with E-state index in [1.165, 1.54) is 0 Å². The summed E-state index contributed by atoms with van der Waals surface area (Å²) >= 11 is 0. The molecule has 10 heavy (non-hydrogen) atoms. The Labute approximate surface area is 60.1 Å². The standard InChI is InChI=1S/C7H13FO2/c1-2-3-4-6(8)5-7(9)10/h6H,2-5H2,1H3,(H,9,10)/t6-/m0/s1. The lowest BCUT2D eigenvalue weighted by atomic mass is 10.1. The summed E-state index contributed by atoms with van der Waals surface area (Å²) in [6, 6.07) is 0. The van der Waals surface area contributed by atoms with E-state index in [4.69, 9.17) is 5.11 Å².